The molecule has 1 aromatic rings. The lowest BCUT2D eigenvalue weighted by molar-refractivity contribution is -0.00633. The molecule has 0 aliphatic carbocycles. The van der Waals surface area contributed by atoms with Crippen LogP contribution >= 0.6 is 63.7 Å². The van der Waals surface area contributed by atoms with E-state index in [0.29, 0.717) is 11.5 Å². The highest BCUT2D eigenvalue weighted by Crippen LogP contribution is 2.52. The number of aliphatic hydroxyl groups excluding tert-OH is 1. The zero-order valence-corrected chi connectivity index (χ0v) is 15.3. The van der Waals surface area contributed by atoms with Gasteiger partial charge in [-0.05, 0) is 63.7 Å². The van der Waals surface area contributed by atoms with E-state index >= 15 is 0 Å². The second-order valence-electron chi connectivity index (χ2n) is 3.68. The fourth-order valence-electron chi connectivity index (χ4n) is 1.52. The van der Waals surface area contributed by atoms with Crippen LogP contribution in [0.3, 0.4) is 0 Å². The summed E-state index contributed by atoms with van der Waals surface area (Å²) in [7, 11) is 0. The van der Waals surface area contributed by atoms with Gasteiger partial charge < -0.3 is 20.3 Å². The second kappa shape index (κ2) is 5.97. The van der Waals surface area contributed by atoms with E-state index in [0.717, 1.165) is 17.9 Å². The summed E-state index contributed by atoms with van der Waals surface area (Å²) in [6.45, 7) is 0.379. The second-order valence-corrected chi connectivity index (χ2v) is 6.86. The fourth-order valence-corrected chi connectivity index (χ4v) is 3.77. The summed E-state index contributed by atoms with van der Waals surface area (Å²) in [6, 6.07) is 0. The van der Waals surface area contributed by atoms with Crippen LogP contribution in [0.2, 0.25) is 0 Å². The van der Waals surface area contributed by atoms with Gasteiger partial charge in [0.05, 0.1) is 17.9 Å². The highest BCUT2D eigenvalue weighted by atomic mass is 79.9. The van der Waals surface area contributed by atoms with Crippen molar-refractivity contribution < 1.29 is 14.6 Å². The molecule has 1 heterocycles. The Morgan fingerprint density at radius 3 is 2.22 bits per heavy atom. The summed E-state index contributed by atoms with van der Waals surface area (Å²) in [4.78, 5) is 0. The van der Waals surface area contributed by atoms with Gasteiger partial charge in [0.1, 0.15) is 12.7 Å². The topological polar surface area (TPSA) is 64.7 Å². The highest BCUT2D eigenvalue weighted by Gasteiger charge is 2.32. The summed E-state index contributed by atoms with van der Waals surface area (Å²) >= 11 is 13.7. The van der Waals surface area contributed by atoms with Crippen LogP contribution in [-0.2, 0) is 0 Å². The third-order valence-electron chi connectivity index (χ3n) is 2.51. The first-order chi connectivity index (χ1) is 8.47. The number of nitrogens with two attached hydrogens (primary N) is 1. The van der Waals surface area contributed by atoms with E-state index < -0.39 is 12.2 Å². The van der Waals surface area contributed by atoms with Crippen molar-refractivity contribution in [1.82, 2.24) is 0 Å². The molecule has 0 radical (unpaired) electrons. The lowest BCUT2D eigenvalue weighted by atomic mass is 10.2. The Morgan fingerprint density at radius 2 is 1.67 bits per heavy atom. The van der Waals surface area contributed by atoms with Crippen molar-refractivity contribution in [1.29, 1.82) is 0 Å². The van der Waals surface area contributed by atoms with E-state index in [9.17, 15) is 5.11 Å². The van der Waals surface area contributed by atoms with Gasteiger partial charge in [-0.15, -0.1) is 0 Å². The molecule has 0 amide bonds. The van der Waals surface area contributed by atoms with Crippen LogP contribution in [0.1, 0.15) is 0 Å². The Balaban J connectivity index is 2.44. The van der Waals surface area contributed by atoms with Crippen LogP contribution in [0.25, 0.3) is 0 Å². The molecule has 0 bridgehead atoms. The van der Waals surface area contributed by atoms with Crippen molar-refractivity contribution in [3.05, 3.63) is 17.9 Å². The molecular weight excluding hydrogens is 502 g/mol. The van der Waals surface area contributed by atoms with Gasteiger partial charge in [0, 0.05) is 6.54 Å². The molecule has 0 saturated carbocycles. The largest absolute Gasteiger partial charge is 0.484 e. The number of aliphatic hydroxyl groups is 1. The third-order valence-corrected chi connectivity index (χ3v) is 7.21. The lowest BCUT2D eigenvalue weighted by Gasteiger charge is -2.31. The number of benzene rings is 1. The molecule has 18 heavy (non-hydrogen) atoms. The van der Waals surface area contributed by atoms with Gasteiger partial charge in [-0.2, -0.15) is 0 Å². The molecule has 2 unspecified atom stereocenters. The molecule has 0 spiro atoms. The van der Waals surface area contributed by atoms with Crippen LogP contribution in [-0.4, -0.2) is 30.5 Å². The first-order valence-electron chi connectivity index (χ1n) is 5.00. The van der Waals surface area contributed by atoms with Crippen LogP contribution in [0.15, 0.2) is 17.9 Å². The van der Waals surface area contributed by atoms with Gasteiger partial charge >= 0.3 is 0 Å². The average molecular weight is 511 g/mol. The molecule has 0 saturated heterocycles. The van der Waals surface area contributed by atoms with E-state index in [1.807, 2.05) is 0 Å². The summed E-state index contributed by atoms with van der Waals surface area (Å²) in [5.41, 5.74) is 5.42. The molecule has 2 rings (SSSR count). The number of fused-ring (bicyclic) bond motifs is 1. The first kappa shape index (κ1) is 15.1. The first-order valence-corrected chi connectivity index (χ1v) is 8.18. The molecule has 0 fully saturated rings. The fraction of sp³-hybridized carbons (Fsp3) is 0.400. The summed E-state index contributed by atoms with van der Waals surface area (Å²) < 4.78 is 14.5. The number of rotatable bonds is 2. The lowest BCUT2D eigenvalue weighted by Crippen LogP contribution is -2.43. The molecule has 1 aliphatic rings. The quantitative estimate of drug-likeness (QED) is 0.474. The standard InChI is InChI=1S/C10H9Br4NO3/c11-5-6(12)8(14)10-9(7(5)13)17-2-4(18-10)3(16)1-15/h3-4,16H,1-2,15H2. The van der Waals surface area contributed by atoms with E-state index in [2.05, 4.69) is 63.7 Å². The van der Waals surface area contributed by atoms with Crippen LogP contribution in [0.4, 0.5) is 0 Å². The summed E-state index contributed by atoms with van der Waals surface area (Å²) in [6.07, 6.45) is -1.23. The molecule has 3 N–H and O–H groups in total. The molecule has 4 nitrogen and oxygen atoms in total. The van der Waals surface area contributed by atoms with Gasteiger partial charge in [0.15, 0.2) is 17.6 Å². The molecule has 2 atom stereocenters. The van der Waals surface area contributed by atoms with Gasteiger partial charge in [-0.1, -0.05) is 0 Å². The zero-order valence-electron chi connectivity index (χ0n) is 8.92. The molecule has 1 aromatic carbocycles. The van der Waals surface area contributed by atoms with Gasteiger partial charge in [0.2, 0.25) is 0 Å². The van der Waals surface area contributed by atoms with Gasteiger partial charge in [-0.3, -0.25) is 0 Å². The molecule has 100 valence electrons. The monoisotopic (exact) mass is 507 g/mol. The smallest absolute Gasteiger partial charge is 0.178 e. The van der Waals surface area contributed by atoms with Crippen LogP contribution in [0, 0.1) is 0 Å². The number of halogens is 4. The maximum atomic E-state index is 9.71. The van der Waals surface area contributed by atoms with Crippen LogP contribution in [0.5, 0.6) is 11.5 Å². The van der Waals surface area contributed by atoms with Crippen molar-refractivity contribution in [3.63, 3.8) is 0 Å². The number of ether oxygens (including phenoxy) is 2. The molecule has 0 aromatic heterocycles. The highest BCUT2D eigenvalue weighted by molar-refractivity contribution is 9.15. The van der Waals surface area contributed by atoms with Crippen molar-refractivity contribution in [2.45, 2.75) is 12.2 Å². The Kier molecular flexibility index (Phi) is 4.99. The Bertz CT molecular complexity index is 483. The Hall–Kier alpha value is 0.660. The van der Waals surface area contributed by atoms with Gasteiger partial charge in [0.25, 0.3) is 0 Å². The molecular formula is C10H9Br4NO3. The third kappa shape index (κ3) is 2.60. The maximum Gasteiger partial charge on any atom is 0.178 e. The minimum atomic E-state index is -0.758. The summed E-state index contributed by atoms with van der Waals surface area (Å²) in [5.74, 6) is 1.14. The average Bonchev–Trinajstić information content (AvgIpc) is 2.41. The van der Waals surface area contributed by atoms with Gasteiger partial charge in [-0.25, -0.2) is 0 Å². The van der Waals surface area contributed by atoms with E-state index in [4.69, 9.17) is 15.2 Å². The van der Waals surface area contributed by atoms with Crippen LogP contribution < -0.4 is 15.2 Å². The predicted molar refractivity (Wildman–Crippen MR) is 82.2 cm³/mol. The predicted octanol–water partition coefficient (Wildman–Crippen LogP) is 3.20. The Morgan fingerprint density at radius 1 is 1.11 bits per heavy atom. The van der Waals surface area contributed by atoms with Crippen molar-refractivity contribution in [3.8, 4) is 11.5 Å². The van der Waals surface area contributed by atoms with Crippen molar-refractivity contribution >= 4 is 63.7 Å². The minimum absolute atomic E-state index is 0.125. The minimum Gasteiger partial charge on any atom is -0.484 e. The number of hydrogen-bond donors (Lipinski definition) is 2. The van der Waals surface area contributed by atoms with E-state index in [1.54, 1.807) is 0 Å². The molecule has 1 aliphatic heterocycles. The SMILES string of the molecule is NCC(O)C1COc2c(Br)c(Br)c(Br)c(Br)c2O1. The van der Waals surface area contributed by atoms with Crippen molar-refractivity contribution in [2.75, 3.05) is 13.2 Å². The number of hydrogen-bond acceptors (Lipinski definition) is 4. The maximum absolute atomic E-state index is 9.71. The van der Waals surface area contributed by atoms with E-state index in [-0.39, 0.29) is 13.2 Å². The normalized spacial score (nSPS) is 19.8. The Labute approximate surface area is 138 Å². The van der Waals surface area contributed by atoms with E-state index in [1.165, 1.54) is 0 Å². The molecule has 8 heteroatoms. The van der Waals surface area contributed by atoms with Crippen molar-refractivity contribution in [2.24, 2.45) is 5.73 Å². The summed E-state index contributed by atoms with van der Waals surface area (Å²) in [5, 5.41) is 9.71. The zero-order chi connectivity index (χ0) is 13.4.